The maximum absolute atomic E-state index is 15.3. The highest BCUT2D eigenvalue weighted by Gasteiger charge is 2.76. The predicted molar refractivity (Wildman–Crippen MR) is 231 cm³/mol. The monoisotopic (exact) mass is 951 g/mol. The Kier molecular flexibility index (Phi) is 14.0. The first-order valence-electron chi connectivity index (χ1n) is 21.6. The molecule has 6 N–H and O–H groups in total. The van der Waals surface area contributed by atoms with Gasteiger partial charge in [-0.2, -0.15) is 0 Å². The van der Waals surface area contributed by atoms with Crippen molar-refractivity contribution in [3.05, 3.63) is 119 Å². The number of phosphoric acid groups is 1. The number of aliphatic hydroxyl groups is 3. The first-order chi connectivity index (χ1) is 31.6. The number of carbonyl (C=O) groups excluding carboxylic acids is 5. The molecule has 20 heteroatoms. The summed E-state index contributed by atoms with van der Waals surface area (Å²) in [6, 6.07) is 22.4. The Morgan fingerprint density at radius 1 is 0.896 bits per heavy atom. The number of fused-ring (bicyclic) bond motifs is 5. The minimum atomic E-state index is -5.11. The third-order valence-electron chi connectivity index (χ3n) is 13.8. The number of hydrogen-bond acceptors (Lipinski definition) is 16. The zero-order valence-corrected chi connectivity index (χ0v) is 38.2. The summed E-state index contributed by atoms with van der Waals surface area (Å²) in [5.74, 6) is -5.61. The van der Waals surface area contributed by atoms with Gasteiger partial charge in [0.25, 0.3) is 5.91 Å². The number of amides is 1. The molecule has 19 nitrogen and oxygen atoms in total. The highest BCUT2D eigenvalue weighted by molar-refractivity contribution is 7.46. The van der Waals surface area contributed by atoms with E-state index < -0.39 is 128 Å². The first kappa shape index (κ1) is 49.6. The van der Waals surface area contributed by atoms with Crippen LogP contribution in [0.1, 0.15) is 79.8 Å². The molecule has 3 fully saturated rings. The lowest BCUT2D eigenvalue weighted by atomic mass is 9.44. The van der Waals surface area contributed by atoms with Crippen LogP contribution < -0.4 is 5.32 Å². The lowest BCUT2D eigenvalue weighted by molar-refractivity contribution is -0.349. The van der Waals surface area contributed by atoms with E-state index in [1.54, 1.807) is 66.7 Å². The van der Waals surface area contributed by atoms with Crippen LogP contribution in [0.2, 0.25) is 0 Å². The van der Waals surface area contributed by atoms with Crippen LogP contribution in [0.4, 0.5) is 4.79 Å². The molecule has 11 atom stereocenters. The molecule has 2 bridgehead atoms. The Labute approximate surface area is 385 Å². The third kappa shape index (κ3) is 9.20. The molecule has 3 aliphatic carbocycles. The van der Waals surface area contributed by atoms with Gasteiger partial charge in [-0.05, 0) is 61.7 Å². The van der Waals surface area contributed by atoms with E-state index in [1.807, 2.05) is 0 Å². The van der Waals surface area contributed by atoms with Gasteiger partial charge < -0.3 is 58.8 Å². The van der Waals surface area contributed by atoms with Gasteiger partial charge in [0.1, 0.15) is 35.6 Å². The summed E-state index contributed by atoms with van der Waals surface area (Å²) < 4.78 is 51.1. The van der Waals surface area contributed by atoms with E-state index in [1.165, 1.54) is 58.9 Å². The van der Waals surface area contributed by atoms with Gasteiger partial charge in [0, 0.05) is 29.7 Å². The number of nitrogens with one attached hydrogen (secondary N) is 1. The minimum Gasteiger partial charge on any atom is -0.455 e. The Morgan fingerprint density at radius 3 is 2.06 bits per heavy atom. The number of hydrogen-bond donors (Lipinski definition) is 6. The van der Waals surface area contributed by atoms with Crippen LogP contribution in [0.15, 0.2) is 102 Å². The molecule has 1 heterocycles. The average molecular weight is 952 g/mol. The molecular weight excluding hydrogens is 897 g/mol. The number of carbonyl (C=O) groups is 5. The Morgan fingerprint density at radius 2 is 1.49 bits per heavy atom. The minimum absolute atomic E-state index is 0.0141. The van der Waals surface area contributed by atoms with Crippen molar-refractivity contribution in [1.29, 1.82) is 0 Å². The van der Waals surface area contributed by atoms with Gasteiger partial charge in [-0.1, -0.05) is 80.6 Å². The van der Waals surface area contributed by atoms with Crippen molar-refractivity contribution < 1.29 is 86.6 Å². The largest absolute Gasteiger partial charge is 0.509 e. The fraction of sp³-hybridized carbons (Fsp3) is 0.468. The summed E-state index contributed by atoms with van der Waals surface area (Å²) in [4.78, 5) is 90.2. The standard InChI is InChI=1S/C47H54NO18P/c1-6-60-43(54)65-36(34(27-16-10-7-11-17-27)48-40(51)28-18-12-8-13-19-28)42(53)64-30-23-47(56)39(66-41(52)29-20-14-9-15-21-29)37-45(5,38(50)35(49)33(26(30)2)44(47,3)4)31(62-25-63-67(57,58)59)22-32-46(37,55)24-61-32/h7-21,30-32,34-37,39,49,55-56H,6,22-25H2,1-5H3,(H,48,51)(H2,57,58,59)/t30?,31?,32?,34?,35?,36?,37?,39?,45-,46+,47?/m1/s1. The summed E-state index contributed by atoms with van der Waals surface area (Å²) in [7, 11) is -5.11. The fourth-order valence-corrected chi connectivity index (χ4v) is 10.5. The first-order valence-corrected chi connectivity index (χ1v) is 23.1. The van der Waals surface area contributed by atoms with Crippen LogP contribution >= 0.6 is 7.82 Å². The molecule has 360 valence electrons. The van der Waals surface area contributed by atoms with Crippen molar-refractivity contribution in [1.82, 2.24) is 5.32 Å². The molecule has 1 saturated heterocycles. The number of ketones is 1. The van der Waals surface area contributed by atoms with Crippen molar-refractivity contribution in [3.8, 4) is 0 Å². The molecular formula is C47H54NO18P. The van der Waals surface area contributed by atoms with Crippen molar-refractivity contribution >= 4 is 37.6 Å². The predicted octanol–water partition coefficient (Wildman–Crippen LogP) is 3.87. The van der Waals surface area contributed by atoms with Crippen LogP contribution in [0.3, 0.4) is 0 Å². The summed E-state index contributed by atoms with van der Waals surface area (Å²) in [6.07, 6.45) is -12.4. The summed E-state index contributed by atoms with van der Waals surface area (Å²) in [5.41, 5.74) is -8.00. The zero-order chi connectivity index (χ0) is 48.7. The molecule has 67 heavy (non-hydrogen) atoms. The number of phosphoric ester groups is 1. The van der Waals surface area contributed by atoms with Crippen molar-refractivity contribution in [3.63, 3.8) is 0 Å². The topological polar surface area (TPSA) is 280 Å². The quantitative estimate of drug-likeness (QED) is 0.0440. The highest BCUT2D eigenvalue weighted by atomic mass is 31.2. The van der Waals surface area contributed by atoms with Gasteiger partial charge in [-0.3, -0.25) is 14.1 Å². The lowest BCUT2D eigenvalue weighted by Gasteiger charge is -2.67. The van der Waals surface area contributed by atoms with E-state index >= 15 is 4.79 Å². The molecule has 1 aliphatic heterocycles. The normalized spacial score (nSPS) is 30.7. The Balaban J connectivity index is 1.37. The molecule has 2 saturated carbocycles. The Hall–Kier alpha value is -5.34. The van der Waals surface area contributed by atoms with Crippen LogP contribution in [0.25, 0.3) is 0 Å². The lowest BCUT2D eigenvalue weighted by Crippen LogP contribution is -2.81. The molecule has 3 aromatic carbocycles. The molecule has 1 amide bonds. The van der Waals surface area contributed by atoms with E-state index in [0.717, 1.165) is 0 Å². The number of benzene rings is 3. The SMILES string of the molecule is CCOC(=O)OC(C(=O)OC1CC2(O)C(OC(=O)c3ccccc3)C3[C@]4(O)COC4CC(OCOP(=O)(O)O)[C@@]3(C)C(=O)C(O)C(=C1C)C2(C)C)C(NC(=O)c1ccccc1)c1ccccc1. The van der Waals surface area contributed by atoms with Gasteiger partial charge in [0.2, 0.25) is 6.10 Å². The van der Waals surface area contributed by atoms with Gasteiger partial charge >= 0.3 is 25.9 Å². The van der Waals surface area contributed by atoms with Gasteiger partial charge in [-0.25, -0.2) is 18.9 Å². The maximum atomic E-state index is 15.3. The smallest absolute Gasteiger partial charge is 0.455 e. The molecule has 0 aromatic heterocycles. The fourth-order valence-electron chi connectivity index (χ4n) is 10.3. The van der Waals surface area contributed by atoms with Crippen LogP contribution in [-0.4, -0.2) is 123 Å². The maximum Gasteiger partial charge on any atom is 0.509 e. The van der Waals surface area contributed by atoms with Gasteiger partial charge in [-0.15, -0.1) is 0 Å². The molecule has 0 spiro atoms. The van der Waals surface area contributed by atoms with Crippen LogP contribution in [0, 0.1) is 16.7 Å². The molecule has 9 unspecified atom stereocenters. The second-order valence-corrected chi connectivity index (χ2v) is 19.1. The number of rotatable bonds is 14. The summed E-state index contributed by atoms with van der Waals surface area (Å²) >= 11 is 0. The third-order valence-corrected chi connectivity index (χ3v) is 14.3. The molecule has 3 aromatic rings. The molecule has 7 rings (SSSR count). The van der Waals surface area contributed by atoms with Crippen molar-refractivity contribution in [2.75, 3.05) is 20.0 Å². The number of Topliss-reactive ketones (excluding diaryl/α,β-unsaturated/α-hetero) is 1. The average Bonchev–Trinajstić information content (AvgIpc) is 3.29. The van der Waals surface area contributed by atoms with E-state index in [9.17, 15) is 48.8 Å². The van der Waals surface area contributed by atoms with Gasteiger partial charge in [0.15, 0.2) is 12.6 Å². The van der Waals surface area contributed by atoms with Gasteiger partial charge in [0.05, 0.1) is 36.4 Å². The second-order valence-electron chi connectivity index (χ2n) is 17.9. The van der Waals surface area contributed by atoms with E-state index in [4.69, 9.17) is 28.4 Å². The van der Waals surface area contributed by atoms with E-state index in [-0.39, 0.29) is 35.3 Å². The highest BCUT2D eigenvalue weighted by Crippen LogP contribution is 2.64. The van der Waals surface area contributed by atoms with E-state index in [2.05, 4.69) is 9.84 Å². The van der Waals surface area contributed by atoms with E-state index in [0.29, 0.717) is 5.56 Å². The summed E-state index contributed by atoms with van der Waals surface area (Å²) in [5, 5.41) is 41.5. The van der Waals surface area contributed by atoms with Crippen molar-refractivity contribution in [2.45, 2.75) is 101 Å². The van der Waals surface area contributed by atoms with Crippen molar-refractivity contribution in [2.24, 2.45) is 16.7 Å². The van der Waals surface area contributed by atoms with Crippen LogP contribution in [-0.2, 0) is 47.1 Å². The number of esters is 2. The summed E-state index contributed by atoms with van der Waals surface area (Å²) in [6.45, 7) is 5.63. The number of aliphatic hydroxyl groups excluding tert-OH is 1. The zero-order valence-electron chi connectivity index (χ0n) is 37.3. The Bertz CT molecular complexity index is 2430. The molecule has 4 aliphatic rings. The number of ether oxygens (including phenoxy) is 6. The molecule has 0 radical (unpaired) electrons. The second kappa shape index (κ2) is 19.0. The van der Waals surface area contributed by atoms with Crippen LogP contribution in [0.5, 0.6) is 0 Å².